The topological polar surface area (TPSA) is 108 Å². The number of carbonyl (C=O) groups is 1. The van der Waals surface area contributed by atoms with E-state index < -0.39 is 15.9 Å². The maximum absolute atomic E-state index is 12.4. The van der Waals surface area contributed by atoms with Gasteiger partial charge in [0.1, 0.15) is 0 Å². The summed E-state index contributed by atoms with van der Waals surface area (Å²) < 4.78 is 26.5. The minimum atomic E-state index is -3.31. The number of benzene rings is 1. The van der Waals surface area contributed by atoms with Crippen LogP contribution >= 0.6 is 23.8 Å². The predicted molar refractivity (Wildman–Crippen MR) is 119 cm³/mol. The van der Waals surface area contributed by atoms with Crippen LogP contribution in [0.4, 0.5) is 5.69 Å². The van der Waals surface area contributed by atoms with E-state index in [0.29, 0.717) is 36.6 Å². The van der Waals surface area contributed by atoms with Crippen LogP contribution in [0.2, 0.25) is 5.02 Å². The third-order valence-electron chi connectivity index (χ3n) is 4.67. The molecule has 0 spiro atoms. The predicted octanol–water partition coefficient (Wildman–Crippen LogP) is 1.57. The molecule has 0 saturated carbocycles. The van der Waals surface area contributed by atoms with E-state index in [2.05, 4.69) is 21.3 Å². The Morgan fingerprint density at radius 1 is 1.30 bits per heavy atom. The average molecular weight is 471 g/mol. The van der Waals surface area contributed by atoms with Crippen LogP contribution in [-0.2, 0) is 21.4 Å². The Balaban J connectivity index is 1.46. The second-order valence-electron chi connectivity index (χ2n) is 7.08. The Labute approximate surface area is 185 Å². The van der Waals surface area contributed by atoms with Gasteiger partial charge in [-0.15, -0.1) is 0 Å². The first-order chi connectivity index (χ1) is 14.2. The number of hydrogen-bond acceptors (Lipinski definition) is 5. The number of halogens is 1. The summed E-state index contributed by atoms with van der Waals surface area (Å²) in [5.74, 6) is -0.725. The van der Waals surface area contributed by atoms with Crippen molar-refractivity contribution in [3.05, 3.63) is 47.2 Å². The van der Waals surface area contributed by atoms with E-state index in [-0.39, 0.29) is 17.6 Å². The maximum atomic E-state index is 12.4. The van der Waals surface area contributed by atoms with Crippen LogP contribution in [0, 0.1) is 5.92 Å². The molecule has 1 aliphatic rings. The van der Waals surface area contributed by atoms with Crippen LogP contribution < -0.4 is 16.2 Å². The van der Waals surface area contributed by atoms with E-state index in [4.69, 9.17) is 23.8 Å². The first-order valence-electron chi connectivity index (χ1n) is 9.29. The van der Waals surface area contributed by atoms with Gasteiger partial charge in [0, 0.05) is 24.3 Å². The molecule has 1 aromatic heterocycles. The van der Waals surface area contributed by atoms with Crippen LogP contribution in [0.1, 0.15) is 18.4 Å². The Morgan fingerprint density at radius 2 is 2.03 bits per heavy atom. The van der Waals surface area contributed by atoms with Gasteiger partial charge in [0.25, 0.3) is 0 Å². The third kappa shape index (κ3) is 6.39. The van der Waals surface area contributed by atoms with Crippen LogP contribution in [0.25, 0.3) is 0 Å². The van der Waals surface area contributed by atoms with Crippen molar-refractivity contribution in [2.45, 2.75) is 19.4 Å². The lowest BCUT2D eigenvalue weighted by atomic mass is 9.99. The largest absolute Gasteiger partial charge is 0.329 e. The fraction of sp³-hybridized carbons (Fsp3) is 0.389. The molecule has 1 amide bonds. The zero-order valence-corrected chi connectivity index (χ0v) is 18.7. The smallest absolute Gasteiger partial charge is 0.242 e. The van der Waals surface area contributed by atoms with Crippen LogP contribution in [-0.4, -0.2) is 52.9 Å². The molecule has 0 aliphatic carbocycles. The minimum absolute atomic E-state index is 0.171. The maximum Gasteiger partial charge on any atom is 0.242 e. The molecule has 1 saturated heterocycles. The Hall–Kier alpha value is -2.21. The number of anilines is 1. The van der Waals surface area contributed by atoms with Crippen LogP contribution in [0.5, 0.6) is 0 Å². The van der Waals surface area contributed by atoms with Gasteiger partial charge in [-0.1, -0.05) is 23.7 Å². The van der Waals surface area contributed by atoms with Crippen molar-refractivity contribution in [1.82, 2.24) is 24.9 Å². The summed E-state index contributed by atoms with van der Waals surface area (Å²) in [5.41, 5.74) is 6.91. The van der Waals surface area contributed by atoms with Crippen molar-refractivity contribution < 1.29 is 13.2 Å². The molecule has 3 rings (SSSR count). The molecule has 1 atom stereocenters. The highest BCUT2D eigenvalue weighted by molar-refractivity contribution is 7.88. The van der Waals surface area contributed by atoms with Gasteiger partial charge in [0.05, 0.1) is 30.6 Å². The van der Waals surface area contributed by atoms with Crippen molar-refractivity contribution in [3.8, 4) is 0 Å². The molecule has 162 valence electrons. The van der Waals surface area contributed by atoms with E-state index in [1.165, 1.54) is 4.31 Å². The summed E-state index contributed by atoms with van der Waals surface area (Å²) in [4.78, 5) is 12.4. The van der Waals surface area contributed by atoms with Gasteiger partial charge in [-0.25, -0.2) is 12.7 Å². The molecule has 1 aliphatic heterocycles. The fourth-order valence-electron chi connectivity index (χ4n) is 3.13. The van der Waals surface area contributed by atoms with Gasteiger partial charge in [-0.2, -0.15) is 5.10 Å². The molecule has 0 radical (unpaired) electrons. The first kappa shape index (κ1) is 22.5. The summed E-state index contributed by atoms with van der Waals surface area (Å²) >= 11 is 11.1. The number of carbonyl (C=O) groups excluding carboxylic acids is 1. The quantitative estimate of drug-likeness (QED) is 0.449. The Bertz CT molecular complexity index is 1010. The van der Waals surface area contributed by atoms with Gasteiger partial charge in [0.15, 0.2) is 5.11 Å². The van der Waals surface area contributed by atoms with E-state index in [9.17, 15) is 13.2 Å². The molecule has 3 N–H and O–H groups in total. The van der Waals surface area contributed by atoms with Gasteiger partial charge in [-0.05, 0) is 42.8 Å². The van der Waals surface area contributed by atoms with Gasteiger partial charge >= 0.3 is 0 Å². The number of piperidine rings is 1. The Morgan fingerprint density at radius 3 is 2.73 bits per heavy atom. The zero-order valence-electron chi connectivity index (χ0n) is 16.3. The number of amides is 1. The number of nitrogens with one attached hydrogen (secondary N) is 3. The molecule has 2 aromatic rings. The summed E-state index contributed by atoms with van der Waals surface area (Å²) in [6.45, 7) is 1.19. The van der Waals surface area contributed by atoms with Crippen molar-refractivity contribution in [1.29, 1.82) is 0 Å². The van der Waals surface area contributed by atoms with E-state index in [1.807, 2.05) is 24.3 Å². The fourth-order valence-corrected chi connectivity index (χ4v) is 4.34. The summed E-state index contributed by atoms with van der Waals surface area (Å²) in [6.07, 6.45) is 5.82. The van der Waals surface area contributed by atoms with Crippen LogP contribution in [0.15, 0.2) is 36.7 Å². The number of hydrogen-bond donors (Lipinski definition) is 3. The number of rotatable bonds is 5. The second-order valence-corrected chi connectivity index (χ2v) is 9.91. The number of nitrogens with zero attached hydrogens (tertiary/aromatic N) is 3. The van der Waals surface area contributed by atoms with E-state index >= 15 is 0 Å². The Kier molecular flexibility index (Phi) is 7.29. The van der Waals surface area contributed by atoms with Gasteiger partial charge in [0.2, 0.25) is 15.9 Å². The molecular weight excluding hydrogens is 448 g/mol. The highest BCUT2D eigenvalue weighted by Gasteiger charge is 2.30. The number of aromatic nitrogens is 2. The lowest BCUT2D eigenvalue weighted by Gasteiger charge is -2.30. The second kappa shape index (κ2) is 9.73. The van der Waals surface area contributed by atoms with E-state index in [1.54, 1.807) is 17.1 Å². The molecule has 30 heavy (non-hydrogen) atoms. The highest BCUT2D eigenvalue weighted by atomic mass is 35.5. The molecule has 2 heterocycles. The SMILES string of the molecule is CS(=O)(=O)N1CCCC(C(=O)NNC(=S)Nc2cnn(Cc3ccc(Cl)cc3)c2)C1. The summed E-state index contributed by atoms with van der Waals surface area (Å²) in [5, 5.41) is 8.09. The monoisotopic (exact) mass is 470 g/mol. The average Bonchev–Trinajstić information content (AvgIpc) is 3.14. The first-order valence-corrected chi connectivity index (χ1v) is 11.9. The van der Waals surface area contributed by atoms with Gasteiger partial charge in [-0.3, -0.25) is 20.3 Å². The number of sulfonamides is 1. The molecule has 9 nitrogen and oxygen atoms in total. The number of hydrazine groups is 1. The molecule has 12 heteroatoms. The van der Waals surface area contributed by atoms with Gasteiger partial charge < -0.3 is 5.32 Å². The molecule has 1 aromatic carbocycles. The molecule has 1 fully saturated rings. The minimum Gasteiger partial charge on any atom is -0.329 e. The highest BCUT2D eigenvalue weighted by Crippen LogP contribution is 2.18. The molecule has 0 bridgehead atoms. The van der Waals surface area contributed by atoms with Crippen LogP contribution in [0.3, 0.4) is 0 Å². The lowest BCUT2D eigenvalue weighted by Crippen LogP contribution is -2.50. The molecule has 1 unspecified atom stereocenters. The molecular formula is C18H23ClN6O3S2. The van der Waals surface area contributed by atoms with Crippen molar-refractivity contribution >= 4 is 50.5 Å². The van der Waals surface area contributed by atoms with Crippen molar-refractivity contribution in [2.75, 3.05) is 24.7 Å². The standard InChI is InChI=1S/C18H23ClN6O3S2/c1-30(27,28)25-8-2-3-14(11-25)17(26)22-23-18(29)21-16-9-20-24(12-16)10-13-4-6-15(19)7-5-13/h4-7,9,12,14H,2-3,8,10-11H2,1H3,(H,22,26)(H2,21,23,29). The zero-order chi connectivity index (χ0) is 21.7. The van der Waals surface area contributed by atoms with Crippen molar-refractivity contribution in [3.63, 3.8) is 0 Å². The van der Waals surface area contributed by atoms with E-state index in [0.717, 1.165) is 11.8 Å². The summed E-state index contributed by atoms with van der Waals surface area (Å²) in [7, 11) is -3.31. The third-order valence-corrected chi connectivity index (χ3v) is 6.40. The summed E-state index contributed by atoms with van der Waals surface area (Å²) in [6, 6.07) is 7.50. The van der Waals surface area contributed by atoms with Crippen molar-refractivity contribution in [2.24, 2.45) is 5.92 Å². The number of thiocarbonyl (C=S) groups is 1. The normalized spacial score (nSPS) is 17.3. The lowest BCUT2D eigenvalue weighted by molar-refractivity contribution is -0.126.